The lowest BCUT2D eigenvalue weighted by atomic mass is 9.99. The molecule has 0 spiro atoms. The zero-order valence-corrected chi connectivity index (χ0v) is 11.4. The molecular formula is C14H22N2O2. The number of amides is 1. The smallest absolute Gasteiger partial charge is 0.224 e. The van der Waals surface area contributed by atoms with Gasteiger partial charge in [-0.05, 0) is 55.6 Å². The van der Waals surface area contributed by atoms with E-state index in [0.29, 0.717) is 19.5 Å². The summed E-state index contributed by atoms with van der Waals surface area (Å²) in [6, 6.07) is 3.91. The Balaban J connectivity index is 2.69. The fraction of sp³-hybridized carbons (Fsp3) is 0.500. The first-order valence-corrected chi connectivity index (χ1v) is 6.19. The summed E-state index contributed by atoms with van der Waals surface area (Å²) in [5.74, 6) is 0.872. The summed E-state index contributed by atoms with van der Waals surface area (Å²) in [6.07, 6.45) is 1.22. The average Bonchev–Trinajstić information content (AvgIpc) is 2.34. The van der Waals surface area contributed by atoms with E-state index in [1.165, 1.54) is 0 Å². The summed E-state index contributed by atoms with van der Waals surface area (Å²) >= 11 is 0. The number of ether oxygens (including phenoxy) is 1. The first-order chi connectivity index (χ1) is 8.58. The molecule has 4 heteroatoms. The highest BCUT2D eigenvalue weighted by Crippen LogP contribution is 2.21. The third-order valence-electron chi connectivity index (χ3n) is 2.95. The van der Waals surface area contributed by atoms with Gasteiger partial charge < -0.3 is 15.8 Å². The summed E-state index contributed by atoms with van der Waals surface area (Å²) in [4.78, 5) is 11.8. The maximum Gasteiger partial charge on any atom is 0.224 e. The molecule has 0 fully saturated rings. The Kier molecular flexibility index (Phi) is 5.65. The summed E-state index contributed by atoms with van der Waals surface area (Å²) in [5, 5.41) is 2.86. The number of hydrogen-bond acceptors (Lipinski definition) is 3. The Hall–Kier alpha value is -1.55. The fourth-order valence-corrected chi connectivity index (χ4v) is 1.90. The Labute approximate surface area is 109 Å². The molecule has 0 aromatic heterocycles. The highest BCUT2D eigenvalue weighted by Gasteiger charge is 2.10. The highest BCUT2D eigenvalue weighted by molar-refractivity contribution is 5.79. The van der Waals surface area contributed by atoms with Crippen LogP contribution in [0, 0.1) is 13.8 Å². The van der Waals surface area contributed by atoms with Gasteiger partial charge in [-0.1, -0.05) is 0 Å². The van der Waals surface area contributed by atoms with Crippen LogP contribution < -0.4 is 15.8 Å². The number of nitrogens with one attached hydrogen (secondary N) is 1. The molecule has 1 amide bonds. The second kappa shape index (κ2) is 7.01. The van der Waals surface area contributed by atoms with E-state index in [4.69, 9.17) is 10.5 Å². The first-order valence-electron chi connectivity index (χ1n) is 6.19. The number of hydrogen-bond donors (Lipinski definition) is 2. The van der Waals surface area contributed by atoms with Crippen LogP contribution in [0.15, 0.2) is 12.1 Å². The van der Waals surface area contributed by atoms with Crippen LogP contribution in [-0.4, -0.2) is 26.1 Å². The minimum absolute atomic E-state index is 0.0415. The maximum atomic E-state index is 11.8. The van der Waals surface area contributed by atoms with Gasteiger partial charge in [-0.25, -0.2) is 0 Å². The molecule has 4 nitrogen and oxygen atoms in total. The van der Waals surface area contributed by atoms with E-state index < -0.39 is 0 Å². The maximum absolute atomic E-state index is 11.8. The molecule has 1 aromatic carbocycles. The largest absolute Gasteiger partial charge is 0.497 e. The minimum Gasteiger partial charge on any atom is -0.497 e. The van der Waals surface area contributed by atoms with Gasteiger partial charge >= 0.3 is 0 Å². The summed E-state index contributed by atoms with van der Waals surface area (Å²) in [6.45, 7) is 5.24. The van der Waals surface area contributed by atoms with Crippen LogP contribution >= 0.6 is 0 Å². The third-order valence-corrected chi connectivity index (χ3v) is 2.95. The van der Waals surface area contributed by atoms with Gasteiger partial charge in [-0.15, -0.1) is 0 Å². The molecule has 0 radical (unpaired) electrons. The molecule has 18 heavy (non-hydrogen) atoms. The van der Waals surface area contributed by atoms with Crippen molar-refractivity contribution in [3.05, 3.63) is 28.8 Å². The van der Waals surface area contributed by atoms with E-state index >= 15 is 0 Å². The van der Waals surface area contributed by atoms with Gasteiger partial charge in [0.2, 0.25) is 5.91 Å². The van der Waals surface area contributed by atoms with Gasteiger partial charge in [0, 0.05) is 6.54 Å². The Morgan fingerprint density at radius 1 is 1.33 bits per heavy atom. The first kappa shape index (κ1) is 14.5. The van der Waals surface area contributed by atoms with Crippen molar-refractivity contribution >= 4 is 5.91 Å². The molecule has 0 unspecified atom stereocenters. The number of carbonyl (C=O) groups is 1. The average molecular weight is 250 g/mol. The van der Waals surface area contributed by atoms with E-state index in [1.54, 1.807) is 7.11 Å². The third kappa shape index (κ3) is 4.04. The number of aryl methyl sites for hydroxylation is 2. The Morgan fingerprint density at radius 3 is 2.44 bits per heavy atom. The summed E-state index contributed by atoms with van der Waals surface area (Å²) in [7, 11) is 1.65. The molecule has 3 N–H and O–H groups in total. The van der Waals surface area contributed by atoms with Crippen molar-refractivity contribution in [3.63, 3.8) is 0 Å². The van der Waals surface area contributed by atoms with E-state index in [0.717, 1.165) is 28.9 Å². The Morgan fingerprint density at radius 2 is 1.94 bits per heavy atom. The predicted molar refractivity (Wildman–Crippen MR) is 72.9 cm³/mol. The number of benzene rings is 1. The lowest BCUT2D eigenvalue weighted by molar-refractivity contribution is -0.120. The zero-order valence-electron chi connectivity index (χ0n) is 11.4. The molecule has 1 aromatic rings. The minimum atomic E-state index is 0.0415. The van der Waals surface area contributed by atoms with Crippen LogP contribution in [0.4, 0.5) is 0 Å². The normalized spacial score (nSPS) is 10.2. The molecule has 0 atom stereocenters. The van der Waals surface area contributed by atoms with Crippen molar-refractivity contribution in [1.29, 1.82) is 0 Å². The van der Waals surface area contributed by atoms with Gasteiger partial charge in [0.1, 0.15) is 5.75 Å². The SMILES string of the molecule is COc1cc(C)c(CC(=O)NCCCN)c(C)c1. The highest BCUT2D eigenvalue weighted by atomic mass is 16.5. The molecule has 0 saturated carbocycles. The topological polar surface area (TPSA) is 64.3 Å². The van der Waals surface area contributed by atoms with E-state index in [1.807, 2.05) is 26.0 Å². The van der Waals surface area contributed by atoms with Crippen molar-refractivity contribution in [3.8, 4) is 5.75 Å². The predicted octanol–water partition coefficient (Wildman–Crippen LogP) is 1.32. The lowest BCUT2D eigenvalue weighted by Gasteiger charge is -2.12. The van der Waals surface area contributed by atoms with Crippen molar-refractivity contribution in [2.24, 2.45) is 5.73 Å². The van der Waals surface area contributed by atoms with Gasteiger partial charge in [-0.3, -0.25) is 4.79 Å². The van der Waals surface area contributed by atoms with Crippen molar-refractivity contribution in [1.82, 2.24) is 5.32 Å². The Bertz CT molecular complexity index is 393. The number of methoxy groups -OCH3 is 1. The van der Waals surface area contributed by atoms with Crippen LogP contribution in [0.1, 0.15) is 23.1 Å². The second-order valence-corrected chi connectivity index (χ2v) is 4.41. The van der Waals surface area contributed by atoms with Gasteiger partial charge in [0.15, 0.2) is 0 Å². The number of nitrogens with two attached hydrogens (primary N) is 1. The van der Waals surface area contributed by atoms with Crippen LogP contribution in [0.3, 0.4) is 0 Å². The standard InChI is InChI=1S/C14H22N2O2/c1-10-7-12(18-3)8-11(2)13(10)9-14(17)16-6-4-5-15/h7-8H,4-6,9,15H2,1-3H3,(H,16,17). The molecule has 0 heterocycles. The van der Waals surface area contributed by atoms with Crippen molar-refractivity contribution in [2.75, 3.05) is 20.2 Å². The molecule has 1 rings (SSSR count). The molecule has 0 aliphatic carbocycles. The lowest BCUT2D eigenvalue weighted by Crippen LogP contribution is -2.27. The molecule has 100 valence electrons. The fourth-order valence-electron chi connectivity index (χ4n) is 1.90. The van der Waals surface area contributed by atoms with Crippen LogP contribution in [0.25, 0.3) is 0 Å². The van der Waals surface area contributed by atoms with Crippen molar-refractivity contribution < 1.29 is 9.53 Å². The van der Waals surface area contributed by atoms with E-state index in [-0.39, 0.29) is 5.91 Å². The molecule has 0 aliphatic rings. The molecule has 0 saturated heterocycles. The van der Waals surface area contributed by atoms with E-state index in [9.17, 15) is 4.79 Å². The number of rotatable bonds is 6. The van der Waals surface area contributed by atoms with Gasteiger partial charge in [0.25, 0.3) is 0 Å². The molecule has 0 aliphatic heterocycles. The van der Waals surface area contributed by atoms with Crippen LogP contribution in [-0.2, 0) is 11.2 Å². The summed E-state index contributed by atoms with van der Waals surface area (Å²) in [5.41, 5.74) is 8.62. The van der Waals surface area contributed by atoms with Crippen LogP contribution in [0.2, 0.25) is 0 Å². The molecule has 0 bridgehead atoms. The quantitative estimate of drug-likeness (QED) is 0.748. The molecular weight excluding hydrogens is 228 g/mol. The monoisotopic (exact) mass is 250 g/mol. The second-order valence-electron chi connectivity index (χ2n) is 4.41. The van der Waals surface area contributed by atoms with Gasteiger partial charge in [-0.2, -0.15) is 0 Å². The van der Waals surface area contributed by atoms with E-state index in [2.05, 4.69) is 5.32 Å². The van der Waals surface area contributed by atoms with Crippen LogP contribution in [0.5, 0.6) is 5.75 Å². The van der Waals surface area contributed by atoms with Crippen molar-refractivity contribution in [2.45, 2.75) is 26.7 Å². The summed E-state index contributed by atoms with van der Waals surface area (Å²) < 4.78 is 5.20. The van der Waals surface area contributed by atoms with Gasteiger partial charge in [0.05, 0.1) is 13.5 Å². The number of carbonyl (C=O) groups excluding carboxylic acids is 1. The zero-order chi connectivity index (χ0) is 13.5.